The van der Waals surface area contributed by atoms with Crippen LogP contribution >= 0.6 is 0 Å². The summed E-state index contributed by atoms with van der Waals surface area (Å²) >= 11 is 0. The van der Waals surface area contributed by atoms with Crippen molar-refractivity contribution in [2.45, 2.75) is 40.7 Å². The molecule has 0 aliphatic rings. The number of aromatic nitrogens is 1. The molecule has 0 saturated heterocycles. The van der Waals surface area contributed by atoms with Gasteiger partial charge in [0.25, 0.3) is 0 Å². The van der Waals surface area contributed by atoms with Crippen LogP contribution in [0.4, 0.5) is 5.69 Å². The van der Waals surface area contributed by atoms with Gasteiger partial charge in [-0.1, -0.05) is 32.0 Å². The fourth-order valence-corrected chi connectivity index (χ4v) is 3.52. The Bertz CT molecular complexity index is 1190. The normalized spacial score (nSPS) is 11.7. The molecule has 32 heavy (non-hydrogen) atoms. The topological polar surface area (TPSA) is 105 Å². The third kappa shape index (κ3) is 5.32. The molecule has 3 amide bonds. The molecule has 8 nitrogen and oxygen atoms in total. The lowest BCUT2D eigenvalue weighted by molar-refractivity contribution is -0.139. The summed E-state index contributed by atoms with van der Waals surface area (Å²) in [6.45, 7) is 8.84. The number of para-hydroxylation sites is 1. The van der Waals surface area contributed by atoms with Gasteiger partial charge in [0.1, 0.15) is 0 Å². The zero-order chi connectivity index (χ0) is 23.3. The highest BCUT2D eigenvalue weighted by molar-refractivity contribution is 6.35. The number of nitrogens with one attached hydrogen (secondary N) is 3. The van der Waals surface area contributed by atoms with Gasteiger partial charge in [-0.15, -0.1) is 0 Å². The predicted octanol–water partition coefficient (Wildman–Crippen LogP) is 3.41. The number of aryl methyl sites for hydroxylation is 1. The van der Waals surface area contributed by atoms with Crippen LogP contribution in [0.3, 0.4) is 0 Å². The first-order valence-electron chi connectivity index (χ1n) is 10.7. The van der Waals surface area contributed by atoms with Crippen molar-refractivity contribution < 1.29 is 14.4 Å². The summed E-state index contributed by atoms with van der Waals surface area (Å²) in [5.74, 6) is -1.64. The maximum atomic E-state index is 12.5. The van der Waals surface area contributed by atoms with E-state index in [1.54, 1.807) is 6.92 Å². The van der Waals surface area contributed by atoms with Gasteiger partial charge in [0, 0.05) is 46.3 Å². The summed E-state index contributed by atoms with van der Waals surface area (Å²) in [6.07, 6.45) is -0.0113. The molecule has 0 aliphatic heterocycles. The Kier molecular flexibility index (Phi) is 7.25. The Morgan fingerprint density at radius 2 is 1.72 bits per heavy atom. The summed E-state index contributed by atoms with van der Waals surface area (Å²) in [6, 6.07) is 14.0. The molecule has 1 heterocycles. The monoisotopic (exact) mass is 435 g/mol. The largest absolute Gasteiger partial charge is 0.348 e. The second-order valence-electron chi connectivity index (χ2n) is 8.11. The lowest BCUT2D eigenvalue weighted by Gasteiger charge is -2.08. The third-order valence-corrected chi connectivity index (χ3v) is 5.01. The van der Waals surface area contributed by atoms with E-state index in [1.165, 1.54) is 0 Å². The number of benzene rings is 2. The first-order chi connectivity index (χ1) is 15.3. The highest BCUT2D eigenvalue weighted by Gasteiger charge is 2.14. The van der Waals surface area contributed by atoms with Crippen LogP contribution in [0, 0.1) is 5.92 Å². The van der Waals surface area contributed by atoms with E-state index in [9.17, 15) is 14.4 Å². The average molecular weight is 436 g/mol. The van der Waals surface area contributed by atoms with Gasteiger partial charge in [0.15, 0.2) is 0 Å². The minimum Gasteiger partial charge on any atom is -0.348 e. The average Bonchev–Trinajstić information content (AvgIpc) is 3.08. The standard InChI is InChI=1S/C24H29N5O3/c1-5-29-20-9-7-6-8-18(20)19-13-17(10-11-21(19)29)26-22(30)12-16(4)27-28-24(32)23(31)25-14-15(2)3/h6-11,13,15H,5,12,14H2,1-4H3,(H,25,31)(H,26,30)(H,28,32)/b27-16+. The number of carbonyl (C=O) groups excluding carboxylic acids is 3. The van der Waals surface area contributed by atoms with E-state index in [0.717, 1.165) is 28.4 Å². The summed E-state index contributed by atoms with van der Waals surface area (Å²) in [7, 11) is 0. The number of carbonyl (C=O) groups is 3. The summed E-state index contributed by atoms with van der Waals surface area (Å²) in [5, 5.41) is 11.5. The molecule has 0 spiro atoms. The molecule has 3 N–H and O–H groups in total. The number of nitrogens with zero attached hydrogens (tertiary/aromatic N) is 2. The Morgan fingerprint density at radius 3 is 2.44 bits per heavy atom. The Labute approximate surface area is 187 Å². The van der Waals surface area contributed by atoms with Crippen molar-refractivity contribution in [3.8, 4) is 0 Å². The minimum absolute atomic E-state index is 0.0113. The fraction of sp³-hybridized carbons (Fsp3) is 0.333. The Morgan fingerprint density at radius 1 is 1.00 bits per heavy atom. The van der Waals surface area contributed by atoms with E-state index in [1.807, 2.05) is 44.2 Å². The number of anilines is 1. The molecule has 3 rings (SSSR count). The molecular formula is C24H29N5O3. The molecule has 1 aromatic heterocycles. The van der Waals surface area contributed by atoms with E-state index in [2.05, 4.69) is 44.8 Å². The molecule has 3 aromatic rings. The number of hydrazone groups is 1. The molecule has 0 saturated carbocycles. The first kappa shape index (κ1) is 23.0. The molecule has 168 valence electrons. The quantitative estimate of drug-likeness (QED) is 0.301. The van der Waals surface area contributed by atoms with Gasteiger partial charge >= 0.3 is 11.8 Å². The number of hydrogen-bond donors (Lipinski definition) is 3. The summed E-state index contributed by atoms with van der Waals surface area (Å²) in [4.78, 5) is 35.9. The molecule has 0 unspecified atom stereocenters. The van der Waals surface area contributed by atoms with Crippen molar-refractivity contribution in [3.05, 3.63) is 42.5 Å². The van der Waals surface area contributed by atoms with Crippen LogP contribution in [0.25, 0.3) is 21.8 Å². The van der Waals surface area contributed by atoms with Crippen molar-refractivity contribution in [2.75, 3.05) is 11.9 Å². The zero-order valence-electron chi connectivity index (χ0n) is 18.9. The van der Waals surface area contributed by atoms with Crippen LogP contribution in [0.1, 0.15) is 34.1 Å². The molecule has 8 heteroatoms. The third-order valence-electron chi connectivity index (χ3n) is 5.01. The van der Waals surface area contributed by atoms with Crippen molar-refractivity contribution >= 4 is 50.9 Å². The number of rotatable bonds is 7. The Balaban J connectivity index is 1.64. The van der Waals surface area contributed by atoms with Crippen molar-refractivity contribution in [2.24, 2.45) is 11.0 Å². The molecule has 0 aliphatic carbocycles. The van der Waals surface area contributed by atoms with Gasteiger partial charge in [-0.25, -0.2) is 5.43 Å². The summed E-state index contributed by atoms with van der Waals surface area (Å²) in [5.41, 5.74) is 5.53. The lowest BCUT2D eigenvalue weighted by Crippen LogP contribution is -2.39. The molecule has 2 aromatic carbocycles. The lowest BCUT2D eigenvalue weighted by atomic mass is 10.1. The van der Waals surface area contributed by atoms with Gasteiger partial charge in [0.2, 0.25) is 5.91 Å². The predicted molar refractivity (Wildman–Crippen MR) is 127 cm³/mol. The van der Waals surface area contributed by atoms with Crippen LogP contribution in [0.2, 0.25) is 0 Å². The highest BCUT2D eigenvalue weighted by Crippen LogP contribution is 2.30. The maximum absolute atomic E-state index is 12.5. The molecule has 0 fully saturated rings. The van der Waals surface area contributed by atoms with Crippen LogP contribution in [-0.2, 0) is 20.9 Å². The van der Waals surface area contributed by atoms with Crippen LogP contribution in [0.15, 0.2) is 47.6 Å². The molecule has 0 radical (unpaired) electrons. The van der Waals surface area contributed by atoms with E-state index < -0.39 is 11.8 Å². The number of hydrogen-bond acceptors (Lipinski definition) is 4. The van der Waals surface area contributed by atoms with E-state index in [0.29, 0.717) is 17.9 Å². The van der Waals surface area contributed by atoms with E-state index >= 15 is 0 Å². The fourth-order valence-electron chi connectivity index (χ4n) is 3.52. The van der Waals surface area contributed by atoms with Crippen molar-refractivity contribution in [3.63, 3.8) is 0 Å². The smallest absolute Gasteiger partial charge is 0.329 e. The first-order valence-corrected chi connectivity index (χ1v) is 10.7. The second kappa shape index (κ2) is 10.1. The second-order valence-corrected chi connectivity index (χ2v) is 8.11. The molecular weight excluding hydrogens is 406 g/mol. The zero-order valence-corrected chi connectivity index (χ0v) is 18.9. The van der Waals surface area contributed by atoms with Crippen LogP contribution in [0.5, 0.6) is 0 Å². The van der Waals surface area contributed by atoms with Gasteiger partial charge in [0.05, 0.1) is 6.42 Å². The Hall–Kier alpha value is -3.68. The van der Waals surface area contributed by atoms with Crippen LogP contribution < -0.4 is 16.1 Å². The number of fused-ring (bicyclic) bond motifs is 3. The van der Waals surface area contributed by atoms with Crippen molar-refractivity contribution in [1.82, 2.24) is 15.3 Å². The van der Waals surface area contributed by atoms with E-state index in [-0.39, 0.29) is 18.2 Å². The maximum Gasteiger partial charge on any atom is 0.329 e. The van der Waals surface area contributed by atoms with Gasteiger partial charge in [-0.3, -0.25) is 14.4 Å². The van der Waals surface area contributed by atoms with Gasteiger partial charge in [-0.05, 0) is 44.0 Å². The molecule has 0 bridgehead atoms. The highest BCUT2D eigenvalue weighted by atomic mass is 16.2. The number of amides is 3. The SMILES string of the molecule is CCn1c2ccccc2c2cc(NC(=O)C/C(C)=N/NC(=O)C(=O)NCC(C)C)ccc21. The van der Waals surface area contributed by atoms with Gasteiger partial charge in [-0.2, -0.15) is 5.10 Å². The minimum atomic E-state index is -0.858. The van der Waals surface area contributed by atoms with Gasteiger partial charge < -0.3 is 15.2 Å². The molecule has 0 atom stereocenters. The van der Waals surface area contributed by atoms with Crippen LogP contribution in [-0.4, -0.2) is 34.5 Å². The van der Waals surface area contributed by atoms with E-state index in [4.69, 9.17) is 0 Å². The van der Waals surface area contributed by atoms with Crippen molar-refractivity contribution in [1.29, 1.82) is 0 Å². The summed E-state index contributed by atoms with van der Waals surface area (Å²) < 4.78 is 2.24.